The van der Waals surface area contributed by atoms with Crippen LogP contribution in [0.25, 0.3) is 0 Å². The number of rotatable bonds is 14. The third-order valence-electron chi connectivity index (χ3n) is 6.23. The summed E-state index contributed by atoms with van der Waals surface area (Å²) in [4.78, 5) is 11.0. The minimum atomic E-state index is -0.644. The van der Waals surface area contributed by atoms with Crippen molar-refractivity contribution in [2.75, 3.05) is 34.0 Å². The van der Waals surface area contributed by atoms with Gasteiger partial charge in [0.05, 0.1) is 33.4 Å². The van der Waals surface area contributed by atoms with E-state index in [0.29, 0.717) is 18.9 Å². The molecular weight excluding hydrogens is 448 g/mol. The first-order chi connectivity index (χ1) is 17.0. The SMILES string of the molecule is COc1ccc(CCO[C@@H]2CCCC[C@@H]2NCC(O)COc2ccc(CC(N)=O)cc2)cc1OC. The van der Waals surface area contributed by atoms with Crippen LogP contribution in [0, 0.1) is 0 Å². The Hall–Kier alpha value is -2.81. The monoisotopic (exact) mass is 486 g/mol. The number of ether oxygens (including phenoxy) is 4. The molecule has 1 aliphatic rings. The van der Waals surface area contributed by atoms with Gasteiger partial charge in [0.15, 0.2) is 11.5 Å². The van der Waals surface area contributed by atoms with Crippen LogP contribution in [0.5, 0.6) is 17.2 Å². The molecule has 0 aromatic heterocycles. The van der Waals surface area contributed by atoms with Gasteiger partial charge in [-0.15, -0.1) is 0 Å². The third-order valence-corrected chi connectivity index (χ3v) is 6.23. The molecule has 1 fully saturated rings. The zero-order chi connectivity index (χ0) is 25.0. The summed E-state index contributed by atoms with van der Waals surface area (Å²) in [6.07, 6.45) is 4.80. The van der Waals surface area contributed by atoms with Gasteiger partial charge in [0, 0.05) is 12.6 Å². The van der Waals surface area contributed by atoms with Crippen LogP contribution < -0.4 is 25.3 Å². The van der Waals surface area contributed by atoms with Crippen molar-refractivity contribution < 1.29 is 28.8 Å². The molecule has 3 atom stereocenters. The van der Waals surface area contributed by atoms with Crippen LogP contribution in [0.3, 0.4) is 0 Å². The number of amides is 1. The first-order valence-corrected chi connectivity index (χ1v) is 12.2. The molecule has 0 aliphatic heterocycles. The van der Waals surface area contributed by atoms with E-state index in [1.807, 2.05) is 18.2 Å². The lowest BCUT2D eigenvalue weighted by Gasteiger charge is -2.33. The maximum Gasteiger partial charge on any atom is 0.221 e. The number of hydrogen-bond donors (Lipinski definition) is 3. The molecule has 0 spiro atoms. The quantitative estimate of drug-likeness (QED) is 0.376. The number of hydrogen-bond acceptors (Lipinski definition) is 7. The van der Waals surface area contributed by atoms with Gasteiger partial charge in [-0.05, 0) is 54.7 Å². The lowest BCUT2D eigenvalue weighted by Crippen LogP contribution is -2.47. The van der Waals surface area contributed by atoms with Crippen LogP contribution in [0.2, 0.25) is 0 Å². The summed E-state index contributed by atoms with van der Waals surface area (Å²) in [5, 5.41) is 13.9. The number of aliphatic hydroxyl groups is 1. The maximum absolute atomic E-state index is 11.0. The molecule has 0 bridgehead atoms. The lowest BCUT2D eigenvalue weighted by atomic mass is 9.92. The van der Waals surface area contributed by atoms with E-state index < -0.39 is 6.10 Å². The molecule has 1 unspecified atom stereocenters. The molecule has 35 heavy (non-hydrogen) atoms. The molecule has 3 rings (SSSR count). The normalized spacial score (nSPS) is 18.6. The number of carbonyl (C=O) groups excluding carboxylic acids is 1. The highest BCUT2D eigenvalue weighted by molar-refractivity contribution is 5.76. The zero-order valence-corrected chi connectivity index (χ0v) is 20.7. The van der Waals surface area contributed by atoms with Gasteiger partial charge in [-0.1, -0.05) is 31.0 Å². The van der Waals surface area contributed by atoms with Crippen molar-refractivity contribution in [1.82, 2.24) is 5.32 Å². The highest BCUT2D eigenvalue weighted by Crippen LogP contribution is 2.28. The summed E-state index contributed by atoms with van der Waals surface area (Å²) in [6, 6.07) is 13.3. The molecule has 0 radical (unpaired) electrons. The van der Waals surface area contributed by atoms with Crippen LogP contribution in [0.4, 0.5) is 0 Å². The number of nitrogens with one attached hydrogen (secondary N) is 1. The van der Waals surface area contributed by atoms with Gasteiger partial charge in [0.25, 0.3) is 0 Å². The van der Waals surface area contributed by atoms with Gasteiger partial charge in [-0.2, -0.15) is 0 Å². The van der Waals surface area contributed by atoms with Gasteiger partial charge in [0.2, 0.25) is 5.91 Å². The molecule has 8 nitrogen and oxygen atoms in total. The van der Waals surface area contributed by atoms with E-state index in [-0.39, 0.29) is 31.1 Å². The van der Waals surface area contributed by atoms with Crippen molar-refractivity contribution in [2.24, 2.45) is 5.73 Å². The Morgan fingerprint density at radius 1 is 1.06 bits per heavy atom. The fourth-order valence-corrected chi connectivity index (χ4v) is 4.34. The number of methoxy groups -OCH3 is 2. The fourth-order valence-electron chi connectivity index (χ4n) is 4.34. The molecule has 4 N–H and O–H groups in total. The first-order valence-electron chi connectivity index (χ1n) is 12.2. The Bertz CT molecular complexity index is 920. The third kappa shape index (κ3) is 8.72. The lowest BCUT2D eigenvalue weighted by molar-refractivity contribution is -0.117. The molecule has 192 valence electrons. The Morgan fingerprint density at radius 2 is 1.77 bits per heavy atom. The Labute approximate surface area is 207 Å². The number of nitrogens with two attached hydrogens (primary N) is 1. The summed E-state index contributed by atoms with van der Waals surface area (Å²) in [6.45, 7) is 1.23. The minimum Gasteiger partial charge on any atom is -0.493 e. The van der Waals surface area contributed by atoms with E-state index in [2.05, 4.69) is 5.32 Å². The van der Waals surface area contributed by atoms with Gasteiger partial charge in [0.1, 0.15) is 18.5 Å². The molecule has 0 saturated heterocycles. The standard InChI is InChI=1S/C27H38N2O6/c1-32-25-12-9-20(15-26(25)33-2)13-14-34-24-6-4-3-5-23(24)29-17-21(30)18-35-22-10-7-19(8-11-22)16-27(28)31/h7-12,15,21,23-24,29-30H,3-6,13-14,16-18H2,1-2H3,(H2,28,31)/t21?,23-,24+/m0/s1. The molecule has 1 amide bonds. The number of benzene rings is 2. The number of aliphatic hydroxyl groups excluding tert-OH is 1. The number of primary amides is 1. The molecule has 1 saturated carbocycles. The van der Waals surface area contributed by atoms with Crippen LogP contribution in [-0.2, 0) is 22.4 Å². The molecule has 2 aromatic rings. The van der Waals surface area contributed by atoms with E-state index in [0.717, 1.165) is 54.7 Å². The fraction of sp³-hybridized carbons (Fsp3) is 0.519. The van der Waals surface area contributed by atoms with E-state index in [9.17, 15) is 9.90 Å². The van der Waals surface area contributed by atoms with Crippen molar-refractivity contribution in [1.29, 1.82) is 0 Å². The summed E-state index contributed by atoms with van der Waals surface area (Å²) < 4.78 is 22.6. The van der Waals surface area contributed by atoms with E-state index >= 15 is 0 Å². The van der Waals surface area contributed by atoms with Crippen molar-refractivity contribution in [3.8, 4) is 17.2 Å². The highest BCUT2D eigenvalue weighted by atomic mass is 16.5. The Balaban J connectivity index is 1.40. The van der Waals surface area contributed by atoms with Crippen molar-refractivity contribution in [2.45, 2.75) is 56.8 Å². The average Bonchev–Trinajstić information content (AvgIpc) is 2.87. The summed E-state index contributed by atoms with van der Waals surface area (Å²) in [5.41, 5.74) is 7.18. The van der Waals surface area contributed by atoms with Gasteiger partial charge in [-0.25, -0.2) is 0 Å². The van der Waals surface area contributed by atoms with Crippen LogP contribution >= 0.6 is 0 Å². The van der Waals surface area contributed by atoms with E-state index in [1.54, 1.807) is 38.5 Å². The average molecular weight is 487 g/mol. The summed E-state index contributed by atoms with van der Waals surface area (Å²) in [7, 11) is 3.27. The topological polar surface area (TPSA) is 112 Å². The Morgan fingerprint density at radius 3 is 2.49 bits per heavy atom. The van der Waals surface area contributed by atoms with Crippen LogP contribution in [0.15, 0.2) is 42.5 Å². The van der Waals surface area contributed by atoms with Crippen LogP contribution in [-0.4, -0.2) is 63.2 Å². The van der Waals surface area contributed by atoms with Gasteiger partial charge >= 0.3 is 0 Å². The second-order valence-electron chi connectivity index (χ2n) is 8.90. The van der Waals surface area contributed by atoms with Crippen molar-refractivity contribution in [3.05, 3.63) is 53.6 Å². The maximum atomic E-state index is 11.0. The van der Waals surface area contributed by atoms with Crippen LogP contribution in [0.1, 0.15) is 36.8 Å². The Kier molecular flexibility index (Phi) is 10.7. The van der Waals surface area contributed by atoms with Crippen molar-refractivity contribution in [3.63, 3.8) is 0 Å². The summed E-state index contributed by atoms with van der Waals surface area (Å²) in [5.74, 6) is 1.72. The predicted molar refractivity (Wildman–Crippen MR) is 134 cm³/mol. The second kappa shape index (κ2) is 13.9. The molecular formula is C27H38N2O6. The van der Waals surface area contributed by atoms with Gasteiger partial charge < -0.3 is 35.1 Å². The van der Waals surface area contributed by atoms with Crippen molar-refractivity contribution >= 4 is 5.91 Å². The minimum absolute atomic E-state index is 0.120. The highest BCUT2D eigenvalue weighted by Gasteiger charge is 2.26. The van der Waals surface area contributed by atoms with Gasteiger partial charge in [-0.3, -0.25) is 4.79 Å². The number of carbonyl (C=O) groups is 1. The second-order valence-corrected chi connectivity index (χ2v) is 8.90. The first kappa shape index (κ1) is 26.8. The largest absolute Gasteiger partial charge is 0.493 e. The molecule has 8 heteroatoms. The van der Waals surface area contributed by atoms with E-state index in [4.69, 9.17) is 24.7 Å². The molecule has 0 heterocycles. The smallest absolute Gasteiger partial charge is 0.221 e. The summed E-state index contributed by atoms with van der Waals surface area (Å²) >= 11 is 0. The zero-order valence-electron chi connectivity index (χ0n) is 20.7. The molecule has 2 aromatic carbocycles. The van der Waals surface area contributed by atoms with E-state index in [1.165, 1.54) is 0 Å². The molecule has 1 aliphatic carbocycles. The predicted octanol–water partition coefficient (Wildman–Crippen LogP) is 2.63.